The molecule has 21 heavy (non-hydrogen) atoms. The summed E-state index contributed by atoms with van der Waals surface area (Å²) in [4.78, 5) is 0.301. The zero-order valence-electron chi connectivity index (χ0n) is 12.0. The van der Waals surface area contributed by atoms with Crippen molar-refractivity contribution in [3.05, 3.63) is 52.5 Å². The second-order valence-electron chi connectivity index (χ2n) is 4.80. The highest BCUT2D eigenvalue weighted by atomic mass is 32.1. The number of halogens is 1. The van der Waals surface area contributed by atoms with E-state index in [4.69, 9.17) is 18.0 Å². The molecule has 0 saturated heterocycles. The third-order valence-electron chi connectivity index (χ3n) is 3.32. The standard InChI is InChI=1S/C15H17FN4S/c1-9-10(2)19-20-15(13(9)14(17)21)18-8-7-11-3-5-12(16)6-4-11/h3-6H,7-8H2,1-2H3,(H2,17,21)(H,18,20). The molecule has 0 spiro atoms. The van der Waals surface area contributed by atoms with E-state index in [0.29, 0.717) is 17.4 Å². The molecule has 0 bridgehead atoms. The van der Waals surface area contributed by atoms with Crippen LogP contribution >= 0.6 is 12.2 Å². The molecule has 110 valence electrons. The predicted molar refractivity (Wildman–Crippen MR) is 86.0 cm³/mol. The van der Waals surface area contributed by atoms with Crippen molar-refractivity contribution in [2.24, 2.45) is 5.73 Å². The van der Waals surface area contributed by atoms with E-state index in [2.05, 4.69) is 15.5 Å². The minimum absolute atomic E-state index is 0.234. The van der Waals surface area contributed by atoms with E-state index >= 15 is 0 Å². The number of aryl methyl sites for hydroxylation is 1. The number of nitrogens with one attached hydrogen (secondary N) is 1. The fourth-order valence-corrected chi connectivity index (χ4v) is 2.26. The molecular formula is C15H17FN4S. The van der Waals surface area contributed by atoms with E-state index in [0.717, 1.165) is 28.8 Å². The average molecular weight is 304 g/mol. The van der Waals surface area contributed by atoms with Crippen molar-refractivity contribution in [2.75, 3.05) is 11.9 Å². The van der Waals surface area contributed by atoms with Crippen molar-refractivity contribution >= 4 is 23.0 Å². The highest BCUT2D eigenvalue weighted by Crippen LogP contribution is 2.18. The molecule has 3 N–H and O–H groups in total. The molecule has 0 atom stereocenters. The average Bonchev–Trinajstić information content (AvgIpc) is 2.44. The normalized spacial score (nSPS) is 10.4. The maximum absolute atomic E-state index is 12.8. The lowest BCUT2D eigenvalue weighted by Crippen LogP contribution is -2.19. The summed E-state index contributed by atoms with van der Waals surface area (Å²) in [5, 5.41) is 11.4. The molecule has 1 heterocycles. The second-order valence-corrected chi connectivity index (χ2v) is 5.24. The summed E-state index contributed by atoms with van der Waals surface area (Å²) in [6.45, 7) is 4.43. The first kappa shape index (κ1) is 15.3. The Kier molecular flexibility index (Phi) is 4.80. The molecule has 0 radical (unpaired) electrons. The smallest absolute Gasteiger partial charge is 0.159 e. The van der Waals surface area contributed by atoms with Gasteiger partial charge in [0.05, 0.1) is 11.3 Å². The van der Waals surface area contributed by atoms with Crippen molar-refractivity contribution < 1.29 is 4.39 Å². The first-order valence-electron chi connectivity index (χ1n) is 6.61. The maximum Gasteiger partial charge on any atom is 0.159 e. The number of hydrogen-bond donors (Lipinski definition) is 2. The van der Waals surface area contributed by atoms with Crippen LogP contribution in [0, 0.1) is 19.7 Å². The van der Waals surface area contributed by atoms with Gasteiger partial charge in [-0.15, -0.1) is 5.10 Å². The summed E-state index contributed by atoms with van der Waals surface area (Å²) in [6.07, 6.45) is 0.742. The number of thiocarbonyl (C=S) groups is 1. The van der Waals surface area contributed by atoms with Gasteiger partial charge in [-0.3, -0.25) is 0 Å². The van der Waals surface area contributed by atoms with Gasteiger partial charge < -0.3 is 11.1 Å². The summed E-state index contributed by atoms with van der Waals surface area (Å²) in [5.41, 5.74) is 9.28. The van der Waals surface area contributed by atoms with Gasteiger partial charge in [-0.1, -0.05) is 24.4 Å². The van der Waals surface area contributed by atoms with Gasteiger partial charge >= 0.3 is 0 Å². The number of nitrogens with two attached hydrogens (primary N) is 1. The molecule has 0 amide bonds. The first-order chi connectivity index (χ1) is 9.99. The number of benzene rings is 1. The van der Waals surface area contributed by atoms with E-state index in [1.165, 1.54) is 12.1 Å². The van der Waals surface area contributed by atoms with E-state index in [1.807, 2.05) is 13.8 Å². The van der Waals surface area contributed by atoms with E-state index in [-0.39, 0.29) is 5.82 Å². The first-order valence-corrected chi connectivity index (χ1v) is 7.02. The van der Waals surface area contributed by atoms with Crippen molar-refractivity contribution in [2.45, 2.75) is 20.3 Å². The molecule has 1 aromatic heterocycles. The van der Waals surface area contributed by atoms with Crippen LogP contribution in [0.2, 0.25) is 0 Å². The Hall–Kier alpha value is -2.08. The molecule has 0 aliphatic carbocycles. The lowest BCUT2D eigenvalue weighted by Gasteiger charge is -2.13. The van der Waals surface area contributed by atoms with Crippen molar-refractivity contribution in [1.82, 2.24) is 10.2 Å². The molecular weight excluding hydrogens is 287 g/mol. The molecule has 6 heteroatoms. The fraction of sp³-hybridized carbons (Fsp3) is 0.267. The summed E-state index contributed by atoms with van der Waals surface area (Å²) in [5.74, 6) is 0.357. The highest BCUT2D eigenvalue weighted by Gasteiger charge is 2.13. The molecule has 1 aromatic carbocycles. The molecule has 0 aliphatic heterocycles. The molecule has 0 aliphatic rings. The quantitative estimate of drug-likeness (QED) is 0.831. The van der Waals surface area contributed by atoms with Crippen molar-refractivity contribution in [3.8, 4) is 0 Å². The number of aromatic nitrogens is 2. The molecule has 0 saturated carbocycles. The number of nitrogens with zero attached hydrogens (tertiary/aromatic N) is 2. The zero-order chi connectivity index (χ0) is 15.4. The summed E-state index contributed by atoms with van der Waals surface area (Å²) in [6, 6.07) is 6.42. The zero-order valence-corrected chi connectivity index (χ0v) is 12.8. The minimum Gasteiger partial charge on any atom is -0.389 e. The van der Waals surface area contributed by atoms with Crippen LogP contribution in [0.4, 0.5) is 10.2 Å². The Balaban J connectivity index is 2.08. The van der Waals surface area contributed by atoms with Crippen LogP contribution < -0.4 is 11.1 Å². The largest absolute Gasteiger partial charge is 0.389 e. The monoisotopic (exact) mass is 304 g/mol. The Morgan fingerprint density at radius 3 is 2.52 bits per heavy atom. The van der Waals surface area contributed by atoms with E-state index < -0.39 is 0 Å². The van der Waals surface area contributed by atoms with Crippen LogP contribution in [-0.4, -0.2) is 21.7 Å². The van der Waals surface area contributed by atoms with Gasteiger partial charge in [0.25, 0.3) is 0 Å². The molecule has 2 rings (SSSR count). The summed E-state index contributed by atoms with van der Waals surface area (Å²) in [7, 11) is 0. The van der Waals surface area contributed by atoms with Gasteiger partial charge in [-0.05, 0) is 43.5 Å². The minimum atomic E-state index is -0.234. The Morgan fingerprint density at radius 1 is 1.24 bits per heavy atom. The number of anilines is 1. The fourth-order valence-electron chi connectivity index (χ4n) is 2.01. The third-order valence-corrected chi connectivity index (χ3v) is 3.52. The molecule has 4 nitrogen and oxygen atoms in total. The predicted octanol–water partition coefficient (Wildman–Crippen LogP) is 2.52. The topological polar surface area (TPSA) is 63.8 Å². The Labute approximate surface area is 128 Å². The van der Waals surface area contributed by atoms with Crippen molar-refractivity contribution in [3.63, 3.8) is 0 Å². The van der Waals surface area contributed by atoms with Crippen LogP contribution in [0.25, 0.3) is 0 Å². The van der Waals surface area contributed by atoms with E-state index in [1.54, 1.807) is 12.1 Å². The Morgan fingerprint density at radius 2 is 1.90 bits per heavy atom. The van der Waals surface area contributed by atoms with Gasteiger partial charge in [-0.25, -0.2) is 4.39 Å². The Bertz CT molecular complexity index is 655. The third kappa shape index (κ3) is 3.72. The lowest BCUT2D eigenvalue weighted by atomic mass is 10.1. The van der Waals surface area contributed by atoms with Crippen LogP contribution in [0.5, 0.6) is 0 Å². The van der Waals surface area contributed by atoms with Crippen LogP contribution in [-0.2, 0) is 6.42 Å². The van der Waals surface area contributed by atoms with Gasteiger partial charge in [-0.2, -0.15) is 5.10 Å². The SMILES string of the molecule is Cc1nnc(NCCc2ccc(F)cc2)c(C(N)=S)c1C. The molecule has 2 aromatic rings. The number of hydrogen-bond acceptors (Lipinski definition) is 4. The molecule has 0 unspecified atom stereocenters. The highest BCUT2D eigenvalue weighted by molar-refractivity contribution is 7.80. The van der Waals surface area contributed by atoms with Crippen LogP contribution in [0.3, 0.4) is 0 Å². The van der Waals surface area contributed by atoms with Crippen LogP contribution in [0.15, 0.2) is 24.3 Å². The van der Waals surface area contributed by atoms with Crippen LogP contribution in [0.1, 0.15) is 22.4 Å². The second kappa shape index (κ2) is 6.58. The van der Waals surface area contributed by atoms with Gasteiger partial charge in [0.15, 0.2) is 5.82 Å². The van der Waals surface area contributed by atoms with Gasteiger partial charge in [0.2, 0.25) is 0 Å². The maximum atomic E-state index is 12.8. The van der Waals surface area contributed by atoms with Gasteiger partial charge in [0.1, 0.15) is 10.8 Å². The lowest BCUT2D eigenvalue weighted by molar-refractivity contribution is 0.627. The van der Waals surface area contributed by atoms with Crippen molar-refractivity contribution in [1.29, 1.82) is 0 Å². The summed E-state index contributed by atoms with van der Waals surface area (Å²) >= 11 is 5.08. The summed E-state index contributed by atoms with van der Waals surface area (Å²) < 4.78 is 12.8. The number of rotatable bonds is 5. The van der Waals surface area contributed by atoms with E-state index in [9.17, 15) is 4.39 Å². The van der Waals surface area contributed by atoms with Gasteiger partial charge in [0, 0.05) is 6.54 Å². The molecule has 0 fully saturated rings.